The largest absolute Gasteiger partial charge is 0.390 e. The van der Waals surface area contributed by atoms with Crippen LogP contribution in [0.15, 0.2) is 34.6 Å². The third-order valence-corrected chi connectivity index (χ3v) is 4.97. The predicted molar refractivity (Wildman–Crippen MR) is 105 cm³/mol. The van der Waals surface area contributed by atoms with Crippen LogP contribution in [0.25, 0.3) is 0 Å². The number of anilines is 1. The molecule has 3 rings (SSSR count). The van der Waals surface area contributed by atoms with Gasteiger partial charge in [-0.25, -0.2) is 9.98 Å². The highest BCUT2D eigenvalue weighted by atomic mass is 16.3. The minimum atomic E-state index is -0.637. The van der Waals surface area contributed by atoms with Crippen LogP contribution in [0.3, 0.4) is 0 Å². The van der Waals surface area contributed by atoms with E-state index in [0.717, 1.165) is 12.8 Å². The molecule has 2 aromatic heterocycles. The first-order valence-electron chi connectivity index (χ1n) is 8.83. The number of nitrogens with two attached hydrogens (primary N) is 1. The molecule has 27 heavy (non-hydrogen) atoms. The van der Waals surface area contributed by atoms with Crippen LogP contribution in [0.5, 0.6) is 0 Å². The van der Waals surface area contributed by atoms with Gasteiger partial charge in [-0.2, -0.15) is 0 Å². The molecule has 142 valence electrons. The second-order valence-corrected chi connectivity index (χ2v) is 7.15. The number of pyridine rings is 1. The summed E-state index contributed by atoms with van der Waals surface area (Å²) in [6, 6.07) is 1.60. The van der Waals surface area contributed by atoms with E-state index in [1.807, 2.05) is 6.92 Å². The number of nitrogens with zero attached hydrogens (tertiary/aromatic N) is 4. The number of imidazole rings is 1. The maximum absolute atomic E-state index is 12.3. The zero-order valence-corrected chi connectivity index (χ0v) is 15.5. The molecule has 1 aliphatic rings. The summed E-state index contributed by atoms with van der Waals surface area (Å²) in [4.78, 5) is 20.8. The van der Waals surface area contributed by atoms with Crippen LogP contribution < -0.4 is 16.6 Å². The van der Waals surface area contributed by atoms with Crippen molar-refractivity contribution in [3.63, 3.8) is 0 Å². The number of rotatable bonds is 3. The number of aliphatic imine (C=N–C) groups is 1. The normalized spacial score (nSPS) is 23.0. The second kappa shape index (κ2) is 7.29. The van der Waals surface area contributed by atoms with Gasteiger partial charge in [-0.05, 0) is 38.5 Å². The lowest BCUT2D eigenvalue weighted by atomic mass is 9.83. The van der Waals surface area contributed by atoms with Gasteiger partial charge >= 0.3 is 0 Å². The molecule has 0 saturated heterocycles. The van der Waals surface area contributed by atoms with Gasteiger partial charge in [0.05, 0.1) is 11.3 Å². The SMILES string of the molecule is C#Cc1c(N=C(N)n2ccnc2)c(NC2CCC(C)(O)CC2)cc(=O)n1C. The summed E-state index contributed by atoms with van der Waals surface area (Å²) in [5.41, 5.74) is 6.53. The maximum Gasteiger partial charge on any atom is 0.253 e. The maximum atomic E-state index is 12.3. The van der Waals surface area contributed by atoms with Crippen molar-refractivity contribution in [1.82, 2.24) is 14.1 Å². The fourth-order valence-electron chi connectivity index (χ4n) is 3.24. The summed E-state index contributed by atoms with van der Waals surface area (Å²) in [6.07, 6.45) is 13.4. The highest BCUT2D eigenvalue weighted by molar-refractivity contribution is 5.86. The molecule has 1 aliphatic carbocycles. The smallest absolute Gasteiger partial charge is 0.253 e. The predicted octanol–water partition coefficient (Wildman–Crippen LogP) is 1.16. The van der Waals surface area contributed by atoms with Crippen molar-refractivity contribution in [1.29, 1.82) is 0 Å². The van der Waals surface area contributed by atoms with E-state index in [1.54, 1.807) is 24.0 Å². The van der Waals surface area contributed by atoms with E-state index in [-0.39, 0.29) is 17.6 Å². The molecule has 2 aromatic rings. The molecule has 1 fully saturated rings. The minimum absolute atomic E-state index is 0.117. The van der Waals surface area contributed by atoms with Crippen molar-refractivity contribution < 1.29 is 5.11 Å². The Balaban J connectivity index is 2.00. The van der Waals surface area contributed by atoms with E-state index in [9.17, 15) is 9.90 Å². The molecule has 4 N–H and O–H groups in total. The fraction of sp³-hybridized carbons (Fsp3) is 0.421. The lowest BCUT2D eigenvalue weighted by molar-refractivity contribution is 0.0196. The first-order valence-corrected chi connectivity index (χ1v) is 8.83. The Morgan fingerprint density at radius 1 is 1.52 bits per heavy atom. The van der Waals surface area contributed by atoms with Crippen LogP contribution in [0, 0.1) is 12.3 Å². The van der Waals surface area contributed by atoms with Crippen molar-refractivity contribution in [2.45, 2.75) is 44.2 Å². The molecule has 8 heteroatoms. The summed E-state index contributed by atoms with van der Waals surface area (Å²) in [5.74, 6) is 2.73. The van der Waals surface area contributed by atoms with Crippen LogP contribution in [0.1, 0.15) is 38.3 Å². The Bertz CT molecular complexity index is 940. The first kappa shape index (κ1) is 18.7. The Morgan fingerprint density at radius 2 is 2.22 bits per heavy atom. The third-order valence-electron chi connectivity index (χ3n) is 4.97. The summed E-state index contributed by atoms with van der Waals surface area (Å²) in [6.45, 7) is 1.85. The van der Waals surface area contributed by atoms with Crippen molar-refractivity contribution in [3.05, 3.63) is 40.8 Å². The van der Waals surface area contributed by atoms with Crippen LogP contribution >= 0.6 is 0 Å². The van der Waals surface area contributed by atoms with Crippen LogP contribution in [0.4, 0.5) is 11.4 Å². The molecule has 2 heterocycles. The molecule has 0 atom stereocenters. The molecule has 1 saturated carbocycles. The van der Waals surface area contributed by atoms with Gasteiger partial charge in [-0.1, -0.05) is 0 Å². The number of aromatic nitrogens is 3. The summed E-state index contributed by atoms with van der Waals surface area (Å²) < 4.78 is 2.93. The summed E-state index contributed by atoms with van der Waals surface area (Å²) >= 11 is 0. The van der Waals surface area contributed by atoms with E-state index in [0.29, 0.717) is 29.9 Å². The average Bonchev–Trinajstić information content (AvgIpc) is 3.16. The topological polar surface area (TPSA) is 110 Å². The van der Waals surface area contributed by atoms with E-state index >= 15 is 0 Å². The average molecular weight is 368 g/mol. The standard InChI is InChI=1S/C19H24N6O2/c1-4-15-17(23-18(20)25-10-9-21-12-25)14(11-16(26)24(15)3)22-13-5-7-19(2,27)8-6-13/h1,9-13,22,27H,5-8H2,2-3H3,(H2,20,23). The Morgan fingerprint density at radius 3 is 2.81 bits per heavy atom. The Labute approximate surface area is 157 Å². The number of hydrogen-bond acceptors (Lipinski definition) is 5. The van der Waals surface area contributed by atoms with Crippen molar-refractivity contribution in [2.75, 3.05) is 5.32 Å². The minimum Gasteiger partial charge on any atom is -0.390 e. The van der Waals surface area contributed by atoms with Crippen molar-refractivity contribution in [3.8, 4) is 12.3 Å². The Kier molecular flexibility index (Phi) is 5.06. The highest BCUT2D eigenvalue weighted by Crippen LogP contribution is 2.33. The van der Waals surface area contributed by atoms with Gasteiger partial charge in [0.2, 0.25) is 5.96 Å². The van der Waals surface area contributed by atoms with Gasteiger partial charge in [0.1, 0.15) is 17.7 Å². The number of nitrogens with one attached hydrogen (secondary N) is 1. The molecular formula is C19H24N6O2. The van der Waals surface area contributed by atoms with Gasteiger partial charge in [0.25, 0.3) is 5.56 Å². The third kappa shape index (κ3) is 4.04. The lowest BCUT2D eigenvalue weighted by Crippen LogP contribution is -2.36. The first-order chi connectivity index (χ1) is 12.8. The van der Waals surface area contributed by atoms with E-state index in [4.69, 9.17) is 12.2 Å². The molecule has 0 bridgehead atoms. The van der Waals surface area contributed by atoms with E-state index in [1.165, 1.54) is 17.0 Å². The molecule has 0 amide bonds. The zero-order chi connectivity index (χ0) is 19.6. The van der Waals surface area contributed by atoms with Gasteiger partial charge in [0, 0.05) is 31.5 Å². The van der Waals surface area contributed by atoms with Gasteiger partial charge in [-0.3, -0.25) is 9.36 Å². The number of hydrogen-bond donors (Lipinski definition) is 3. The summed E-state index contributed by atoms with van der Waals surface area (Å²) in [5, 5.41) is 13.5. The van der Waals surface area contributed by atoms with Gasteiger partial charge < -0.3 is 20.7 Å². The second-order valence-electron chi connectivity index (χ2n) is 7.15. The van der Waals surface area contributed by atoms with Crippen molar-refractivity contribution in [2.24, 2.45) is 17.8 Å². The molecule has 0 aliphatic heterocycles. The number of terminal acetylenes is 1. The molecular weight excluding hydrogens is 344 g/mol. The lowest BCUT2D eigenvalue weighted by Gasteiger charge is -2.34. The molecule has 0 unspecified atom stereocenters. The molecule has 8 nitrogen and oxygen atoms in total. The van der Waals surface area contributed by atoms with Crippen LogP contribution in [-0.2, 0) is 7.05 Å². The van der Waals surface area contributed by atoms with Crippen molar-refractivity contribution >= 4 is 17.3 Å². The highest BCUT2D eigenvalue weighted by Gasteiger charge is 2.29. The van der Waals surface area contributed by atoms with Crippen LogP contribution in [-0.4, -0.2) is 36.8 Å². The van der Waals surface area contributed by atoms with E-state index in [2.05, 4.69) is 21.2 Å². The summed E-state index contributed by atoms with van der Waals surface area (Å²) in [7, 11) is 1.60. The monoisotopic (exact) mass is 368 g/mol. The number of aliphatic hydroxyl groups is 1. The molecule has 0 aromatic carbocycles. The van der Waals surface area contributed by atoms with Gasteiger partial charge in [0.15, 0.2) is 0 Å². The zero-order valence-electron chi connectivity index (χ0n) is 15.5. The molecule has 0 radical (unpaired) electrons. The quantitative estimate of drug-likeness (QED) is 0.428. The van der Waals surface area contributed by atoms with Gasteiger partial charge in [-0.15, -0.1) is 6.42 Å². The van der Waals surface area contributed by atoms with E-state index < -0.39 is 5.60 Å². The Hall–Kier alpha value is -3.05. The molecule has 0 spiro atoms. The fourth-order valence-corrected chi connectivity index (χ4v) is 3.24. The van der Waals surface area contributed by atoms with Crippen LogP contribution in [0.2, 0.25) is 0 Å².